The van der Waals surface area contributed by atoms with Gasteiger partial charge in [-0.15, -0.1) is 0 Å². The predicted octanol–water partition coefficient (Wildman–Crippen LogP) is 2.41. The smallest absolute Gasteiger partial charge is 0.324 e. The molecule has 2 aromatic carbocycles. The number of urea groups is 1. The number of rotatable bonds is 6. The van der Waals surface area contributed by atoms with Gasteiger partial charge in [-0.05, 0) is 36.1 Å². The van der Waals surface area contributed by atoms with Gasteiger partial charge in [0.05, 0.1) is 12.6 Å². The minimum atomic E-state index is -1.05. The normalized spacial score (nSPS) is 18.3. The van der Waals surface area contributed by atoms with Crippen molar-refractivity contribution in [2.24, 2.45) is 0 Å². The lowest BCUT2D eigenvalue weighted by molar-refractivity contribution is -0.128. The van der Waals surface area contributed by atoms with Gasteiger partial charge in [0.2, 0.25) is 0 Å². The van der Waals surface area contributed by atoms with Gasteiger partial charge in [0.15, 0.2) is 0 Å². The first-order chi connectivity index (χ1) is 12.0. The number of aryl methyl sites for hydroxylation is 1. The van der Waals surface area contributed by atoms with E-state index in [0.717, 1.165) is 10.5 Å². The average Bonchev–Trinajstić information content (AvgIpc) is 2.89. The van der Waals surface area contributed by atoms with E-state index in [9.17, 15) is 19.1 Å². The molecule has 1 aliphatic heterocycles. The van der Waals surface area contributed by atoms with Crippen LogP contribution < -0.4 is 5.32 Å². The van der Waals surface area contributed by atoms with E-state index in [1.165, 1.54) is 24.3 Å². The molecule has 0 bridgehead atoms. The Labute approximate surface area is 145 Å². The highest BCUT2D eigenvalue weighted by Crippen LogP contribution is 2.19. The molecular formula is C19H19FN2O3. The van der Waals surface area contributed by atoms with Crippen LogP contribution in [0, 0.1) is 5.82 Å². The SMILES string of the molecule is O=C1NC(CCc2ccccc2)C(=O)N1CC(O)c1ccc(F)cc1. The van der Waals surface area contributed by atoms with Crippen LogP contribution >= 0.6 is 0 Å². The van der Waals surface area contributed by atoms with Crippen LogP contribution in [0.5, 0.6) is 0 Å². The third kappa shape index (κ3) is 4.03. The van der Waals surface area contributed by atoms with Crippen molar-refractivity contribution in [1.82, 2.24) is 10.2 Å². The van der Waals surface area contributed by atoms with Gasteiger partial charge in [0.25, 0.3) is 5.91 Å². The fourth-order valence-electron chi connectivity index (χ4n) is 2.86. The van der Waals surface area contributed by atoms with Gasteiger partial charge in [0.1, 0.15) is 11.9 Å². The third-order valence-electron chi connectivity index (χ3n) is 4.28. The summed E-state index contributed by atoms with van der Waals surface area (Å²) in [7, 11) is 0. The molecule has 1 aliphatic rings. The van der Waals surface area contributed by atoms with E-state index in [1.807, 2.05) is 30.3 Å². The Hall–Kier alpha value is -2.73. The molecule has 2 unspecified atom stereocenters. The van der Waals surface area contributed by atoms with Gasteiger partial charge in [0, 0.05) is 0 Å². The van der Waals surface area contributed by atoms with Gasteiger partial charge in [-0.1, -0.05) is 42.5 Å². The summed E-state index contributed by atoms with van der Waals surface area (Å²) < 4.78 is 12.9. The summed E-state index contributed by atoms with van der Waals surface area (Å²) in [5.41, 5.74) is 1.55. The molecule has 0 radical (unpaired) electrons. The fraction of sp³-hybridized carbons (Fsp3) is 0.263. The number of halogens is 1. The van der Waals surface area contributed by atoms with E-state index in [4.69, 9.17) is 0 Å². The number of aliphatic hydroxyl groups excluding tert-OH is 1. The van der Waals surface area contributed by atoms with Crippen LogP contribution in [0.1, 0.15) is 23.7 Å². The molecule has 0 aromatic heterocycles. The summed E-state index contributed by atoms with van der Waals surface area (Å²) in [5, 5.41) is 12.9. The van der Waals surface area contributed by atoms with Crippen LogP contribution in [-0.4, -0.2) is 34.5 Å². The fourth-order valence-corrected chi connectivity index (χ4v) is 2.86. The molecule has 2 aromatic rings. The number of amides is 3. The summed E-state index contributed by atoms with van der Waals surface area (Å²) in [4.78, 5) is 25.5. The maximum Gasteiger partial charge on any atom is 0.324 e. The molecule has 2 N–H and O–H groups in total. The van der Waals surface area contributed by atoms with E-state index in [2.05, 4.69) is 5.32 Å². The Balaban J connectivity index is 1.60. The molecule has 1 saturated heterocycles. The average molecular weight is 342 g/mol. The Morgan fingerprint density at radius 2 is 1.76 bits per heavy atom. The highest BCUT2D eigenvalue weighted by atomic mass is 19.1. The molecule has 0 aliphatic carbocycles. The van der Waals surface area contributed by atoms with Gasteiger partial charge in [-0.25, -0.2) is 9.18 Å². The third-order valence-corrected chi connectivity index (χ3v) is 4.28. The molecule has 1 fully saturated rings. The van der Waals surface area contributed by atoms with Gasteiger partial charge >= 0.3 is 6.03 Å². The molecule has 3 amide bonds. The quantitative estimate of drug-likeness (QED) is 0.792. The zero-order chi connectivity index (χ0) is 17.8. The first-order valence-electron chi connectivity index (χ1n) is 8.14. The summed E-state index contributed by atoms with van der Waals surface area (Å²) >= 11 is 0. The molecule has 2 atom stereocenters. The lowest BCUT2D eigenvalue weighted by Gasteiger charge is -2.18. The number of hydrogen-bond acceptors (Lipinski definition) is 3. The molecule has 0 saturated carbocycles. The van der Waals surface area contributed by atoms with Gasteiger partial charge in [-0.2, -0.15) is 0 Å². The lowest BCUT2D eigenvalue weighted by Crippen LogP contribution is -2.35. The van der Waals surface area contributed by atoms with Crippen molar-refractivity contribution in [2.45, 2.75) is 25.0 Å². The van der Waals surface area contributed by atoms with Crippen LogP contribution in [-0.2, 0) is 11.2 Å². The summed E-state index contributed by atoms with van der Waals surface area (Å²) in [6.07, 6.45) is 0.118. The number of aliphatic hydroxyl groups is 1. The van der Waals surface area contributed by atoms with Crippen LogP contribution in [0.2, 0.25) is 0 Å². The summed E-state index contributed by atoms with van der Waals surface area (Å²) in [6, 6.07) is 13.9. The topological polar surface area (TPSA) is 69.6 Å². The first kappa shape index (κ1) is 17.1. The second kappa shape index (κ2) is 7.44. The molecule has 6 heteroatoms. The number of nitrogens with one attached hydrogen (secondary N) is 1. The molecule has 130 valence electrons. The van der Waals surface area contributed by atoms with Crippen LogP contribution in [0.3, 0.4) is 0 Å². The van der Waals surface area contributed by atoms with E-state index in [-0.39, 0.29) is 12.5 Å². The predicted molar refractivity (Wildman–Crippen MR) is 90.2 cm³/mol. The molecule has 0 spiro atoms. The summed E-state index contributed by atoms with van der Waals surface area (Å²) in [5.74, 6) is -0.756. The molecule has 5 nitrogen and oxygen atoms in total. The molecular weight excluding hydrogens is 323 g/mol. The van der Waals surface area contributed by atoms with Crippen molar-refractivity contribution >= 4 is 11.9 Å². The largest absolute Gasteiger partial charge is 0.387 e. The summed E-state index contributed by atoms with van der Waals surface area (Å²) in [6.45, 7) is -0.155. The second-order valence-corrected chi connectivity index (χ2v) is 6.04. The first-order valence-corrected chi connectivity index (χ1v) is 8.14. The standard InChI is InChI=1S/C19H19FN2O3/c20-15-9-7-14(8-10-15)17(23)12-22-18(24)16(21-19(22)25)11-6-13-4-2-1-3-5-13/h1-5,7-10,16-17,23H,6,11-12H2,(H,21,25). The van der Waals surface area contributed by atoms with E-state index in [1.54, 1.807) is 0 Å². The zero-order valence-corrected chi connectivity index (χ0v) is 13.6. The Morgan fingerprint density at radius 3 is 2.44 bits per heavy atom. The Kier molecular flexibility index (Phi) is 5.09. The van der Waals surface area contributed by atoms with Crippen molar-refractivity contribution in [1.29, 1.82) is 0 Å². The lowest BCUT2D eigenvalue weighted by atomic mass is 10.0. The van der Waals surface area contributed by atoms with Crippen LogP contribution in [0.4, 0.5) is 9.18 Å². The number of nitrogens with zero attached hydrogens (tertiary/aromatic N) is 1. The van der Waals surface area contributed by atoms with E-state index >= 15 is 0 Å². The van der Waals surface area contributed by atoms with Crippen molar-refractivity contribution < 1.29 is 19.1 Å². The Morgan fingerprint density at radius 1 is 1.08 bits per heavy atom. The zero-order valence-electron chi connectivity index (χ0n) is 13.6. The number of benzene rings is 2. The number of carbonyl (C=O) groups excluding carboxylic acids is 2. The maximum atomic E-state index is 12.9. The van der Waals surface area contributed by atoms with E-state index < -0.39 is 24.0 Å². The van der Waals surface area contributed by atoms with Crippen LogP contribution in [0.15, 0.2) is 54.6 Å². The highest BCUT2D eigenvalue weighted by Gasteiger charge is 2.38. The number of imide groups is 1. The minimum Gasteiger partial charge on any atom is -0.387 e. The van der Waals surface area contributed by atoms with Crippen molar-refractivity contribution in [3.63, 3.8) is 0 Å². The molecule has 25 heavy (non-hydrogen) atoms. The van der Waals surface area contributed by atoms with Crippen LogP contribution in [0.25, 0.3) is 0 Å². The van der Waals surface area contributed by atoms with Gasteiger partial charge < -0.3 is 10.4 Å². The van der Waals surface area contributed by atoms with Crippen molar-refractivity contribution in [3.8, 4) is 0 Å². The van der Waals surface area contributed by atoms with Crippen molar-refractivity contribution in [3.05, 3.63) is 71.5 Å². The monoisotopic (exact) mass is 342 g/mol. The molecule has 3 rings (SSSR count). The second-order valence-electron chi connectivity index (χ2n) is 6.04. The minimum absolute atomic E-state index is 0.155. The van der Waals surface area contributed by atoms with E-state index in [0.29, 0.717) is 18.4 Å². The Bertz CT molecular complexity index is 749. The number of β-amino-alcohol motifs (C(OH)–C–C–N with tert-alkyl or cyclic N) is 1. The number of hydrogen-bond donors (Lipinski definition) is 2. The maximum absolute atomic E-state index is 12.9. The number of carbonyl (C=O) groups is 2. The molecule has 1 heterocycles. The van der Waals surface area contributed by atoms with Crippen molar-refractivity contribution in [2.75, 3.05) is 6.54 Å². The van der Waals surface area contributed by atoms with Gasteiger partial charge in [-0.3, -0.25) is 9.69 Å². The highest BCUT2D eigenvalue weighted by molar-refractivity contribution is 6.04.